The molecule has 0 aliphatic heterocycles. The smallest absolute Gasteiger partial charge is 0.232 e. The summed E-state index contributed by atoms with van der Waals surface area (Å²) >= 11 is 0. The molecule has 0 saturated heterocycles. The molecule has 0 bridgehead atoms. The van der Waals surface area contributed by atoms with Crippen molar-refractivity contribution >= 4 is 5.88 Å². The van der Waals surface area contributed by atoms with Gasteiger partial charge in [-0.15, -0.1) is 0 Å². The van der Waals surface area contributed by atoms with Gasteiger partial charge in [0, 0.05) is 38.3 Å². The summed E-state index contributed by atoms with van der Waals surface area (Å²) in [5.74, 6) is 2.35. The van der Waals surface area contributed by atoms with E-state index in [2.05, 4.69) is 40.9 Å². The lowest BCUT2D eigenvalue weighted by atomic mass is 10.1. The monoisotopic (exact) mass is 463 g/mol. The number of hydrogen-bond donors (Lipinski definition) is 1. The lowest BCUT2D eigenvalue weighted by Gasteiger charge is -2.27. The van der Waals surface area contributed by atoms with Crippen molar-refractivity contribution in [1.29, 1.82) is 0 Å². The quantitative estimate of drug-likeness (QED) is 0.378. The van der Waals surface area contributed by atoms with Crippen molar-refractivity contribution in [2.45, 2.75) is 46.3 Å². The van der Waals surface area contributed by atoms with Gasteiger partial charge in [-0.05, 0) is 51.2 Å². The molecule has 1 aliphatic rings. The fourth-order valence-corrected chi connectivity index (χ4v) is 4.37. The van der Waals surface area contributed by atoms with Crippen LogP contribution >= 0.6 is 0 Å². The first-order valence-electron chi connectivity index (χ1n) is 12.5. The van der Waals surface area contributed by atoms with Crippen LogP contribution in [0.4, 0.5) is 5.88 Å². The zero-order chi connectivity index (χ0) is 23.9. The molecule has 0 radical (unpaired) electrons. The highest BCUT2D eigenvalue weighted by Gasteiger charge is 2.29. The van der Waals surface area contributed by atoms with Crippen molar-refractivity contribution < 1.29 is 14.4 Å². The number of benzene rings is 2. The molecule has 1 saturated carbocycles. The van der Waals surface area contributed by atoms with Gasteiger partial charge in [-0.1, -0.05) is 53.7 Å². The summed E-state index contributed by atoms with van der Waals surface area (Å²) in [5.41, 5.74) is 4.09. The lowest BCUT2D eigenvalue weighted by Crippen LogP contribution is -2.37. The predicted molar refractivity (Wildman–Crippen MR) is 136 cm³/mol. The average molecular weight is 464 g/mol. The van der Waals surface area contributed by atoms with E-state index in [1.807, 2.05) is 49.4 Å². The van der Waals surface area contributed by atoms with Gasteiger partial charge in [0.1, 0.15) is 24.2 Å². The van der Waals surface area contributed by atoms with Gasteiger partial charge < -0.3 is 19.3 Å². The Labute approximate surface area is 203 Å². The summed E-state index contributed by atoms with van der Waals surface area (Å²) in [4.78, 5) is 4.55. The second kappa shape index (κ2) is 11.5. The molecule has 6 nitrogen and oxygen atoms in total. The van der Waals surface area contributed by atoms with Gasteiger partial charge in [0.25, 0.3) is 0 Å². The Morgan fingerprint density at radius 2 is 1.76 bits per heavy atom. The summed E-state index contributed by atoms with van der Waals surface area (Å²) in [5, 5.41) is 15.4. The van der Waals surface area contributed by atoms with Crippen LogP contribution in [-0.4, -0.2) is 54.1 Å². The van der Waals surface area contributed by atoms with Crippen LogP contribution < -0.4 is 9.64 Å². The molecule has 1 fully saturated rings. The summed E-state index contributed by atoms with van der Waals surface area (Å²) in [6.07, 6.45) is 1.92. The second-order valence-electron chi connectivity index (χ2n) is 9.22. The fraction of sp³-hybridized carbons (Fsp3) is 0.464. The maximum absolute atomic E-state index is 10.9. The number of aliphatic hydroxyl groups is 1. The third-order valence-corrected chi connectivity index (χ3v) is 6.45. The number of aryl methyl sites for hydroxylation is 1. The Morgan fingerprint density at radius 3 is 2.44 bits per heavy atom. The zero-order valence-corrected chi connectivity index (χ0v) is 20.6. The maximum atomic E-state index is 10.9. The van der Waals surface area contributed by atoms with Crippen LogP contribution in [-0.2, 0) is 6.54 Å². The van der Waals surface area contributed by atoms with Gasteiger partial charge in [-0.3, -0.25) is 4.90 Å². The Kier molecular flexibility index (Phi) is 8.25. The van der Waals surface area contributed by atoms with Crippen LogP contribution in [0.2, 0.25) is 0 Å². The Balaban J connectivity index is 1.53. The second-order valence-corrected chi connectivity index (χ2v) is 9.22. The van der Waals surface area contributed by atoms with Gasteiger partial charge >= 0.3 is 0 Å². The standard InChI is InChI=1S/C28H37N3O3/c1-4-31(5-2)28-25(27(29-34-28)23-12-7-6-8-13-23)19-30(17-22-15-16-22)18-24(32)20-33-26-14-10-9-11-21(26)3/h6-14,22,24,32H,4-5,15-20H2,1-3H3/t24-/m0/s1. The number of hydrogen-bond acceptors (Lipinski definition) is 6. The van der Waals surface area contributed by atoms with Crippen molar-refractivity contribution in [1.82, 2.24) is 10.1 Å². The van der Waals surface area contributed by atoms with Gasteiger partial charge in [-0.2, -0.15) is 0 Å². The molecule has 3 aromatic rings. The van der Waals surface area contributed by atoms with E-state index < -0.39 is 6.10 Å². The molecule has 1 atom stereocenters. The minimum Gasteiger partial charge on any atom is -0.491 e. The number of aliphatic hydroxyl groups excluding tert-OH is 1. The van der Waals surface area contributed by atoms with Crippen LogP contribution in [0.5, 0.6) is 5.75 Å². The van der Waals surface area contributed by atoms with Crippen LogP contribution in [0, 0.1) is 12.8 Å². The number of rotatable bonds is 13. The molecule has 1 heterocycles. The molecule has 1 aromatic heterocycles. The van der Waals surface area contributed by atoms with Crippen LogP contribution in [0.1, 0.15) is 37.8 Å². The average Bonchev–Trinajstić information content (AvgIpc) is 3.58. The molecule has 1 aliphatic carbocycles. The fourth-order valence-electron chi connectivity index (χ4n) is 4.37. The van der Waals surface area contributed by atoms with Crippen LogP contribution in [0.25, 0.3) is 11.3 Å². The zero-order valence-electron chi connectivity index (χ0n) is 20.6. The topological polar surface area (TPSA) is 62.0 Å². The van der Waals surface area contributed by atoms with Gasteiger partial charge in [0.2, 0.25) is 5.88 Å². The van der Waals surface area contributed by atoms with Crippen molar-refractivity contribution in [3.63, 3.8) is 0 Å². The van der Waals surface area contributed by atoms with Crippen LogP contribution in [0.15, 0.2) is 59.1 Å². The van der Waals surface area contributed by atoms with Gasteiger partial charge in [0.05, 0.1) is 5.56 Å². The number of anilines is 1. The first kappa shape index (κ1) is 24.3. The maximum Gasteiger partial charge on any atom is 0.232 e. The third kappa shape index (κ3) is 6.19. The highest BCUT2D eigenvalue weighted by atomic mass is 16.5. The van der Waals surface area contributed by atoms with E-state index in [1.54, 1.807) is 0 Å². The Morgan fingerprint density at radius 1 is 1.06 bits per heavy atom. The van der Waals surface area contributed by atoms with E-state index in [-0.39, 0.29) is 6.61 Å². The molecule has 182 valence electrons. The molecule has 0 amide bonds. The highest BCUT2D eigenvalue weighted by molar-refractivity contribution is 5.68. The van der Waals surface area contributed by atoms with Crippen LogP contribution in [0.3, 0.4) is 0 Å². The Hall–Kier alpha value is -2.83. The Bertz CT molecular complexity index is 1030. The van der Waals surface area contributed by atoms with Crippen molar-refractivity contribution in [2.24, 2.45) is 5.92 Å². The molecule has 1 N–H and O–H groups in total. The predicted octanol–water partition coefficient (Wildman–Crippen LogP) is 5.15. The number of ether oxygens (including phenoxy) is 1. The third-order valence-electron chi connectivity index (χ3n) is 6.45. The minimum absolute atomic E-state index is 0.268. The number of para-hydroxylation sites is 1. The summed E-state index contributed by atoms with van der Waals surface area (Å²) < 4.78 is 11.8. The largest absolute Gasteiger partial charge is 0.491 e. The highest BCUT2D eigenvalue weighted by Crippen LogP contribution is 2.35. The van der Waals surface area contributed by atoms with Crippen molar-refractivity contribution in [3.05, 3.63) is 65.7 Å². The minimum atomic E-state index is -0.588. The van der Waals surface area contributed by atoms with E-state index in [0.29, 0.717) is 19.0 Å². The molecular weight excluding hydrogens is 426 g/mol. The van der Waals surface area contributed by atoms with E-state index >= 15 is 0 Å². The van der Waals surface area contributed by atoms with E-state index in [4.69, 9.17) is 9.26 Å². The molecule has 0 unspecified atom stereocenters. The van der Waals surface area contributed by atoms with E-state index in [9.17, 15) is 5.11 Å². The molecule has 4 rings (SSSR count). The summed E-state index contributed by atoms with van der Waals surface area (Å²) in [7, 11) is 0. The first-order chi connectivity index (χ1) is 16.6. The summed E-state index contributed by atoms with van der Waals surface area (Å²) in [6, 6.07) is 18.1. The molecule has 2 aromatic carbocycles. The van der Waals surface area contributed by atoms with E-state index in [0.717, 1.165) is 53.7 Å². The first-order valence-corrected chi connectivity index (χ1v) is 12.5. The molecule has 6 heteroatoms. The van der Waals surface area contributed by atoms with E-state index in [1.165, 1.54) is 12.8 Å². The normalized spacial score (nSPS) is 14.4. The molecule has 34 heavy (non-hydrogen) atoms. The SMILES string of the molecule is CCN(CC)c1onc(-c2ccccc2)c1CN(CC1CC1)C[C@H](O)COc1ccccc1C. The van der Waals surface area contributed by atoms with Crippen molar-refractivity contribution in [3.8, 4) is 17.0 Å². The van der Waals surface area contributed by atoms with Gasteiger partial charge in [0.15, 0.2) is 0 Å². The van der Waals surface area contributed by atoms with Gasteiger partial charge in [-0.25, -0.2) is 0 Å². The number of nitrogens with zero attached hydrogens (tertiary/aromatic N) is 3. The molecular formula is C28H37N3O3. The lowest BCUT2D eigenvalue weighted by molar-refractivity contribution is 0.0637. The van der Waals surface area contributed by atoms with Crippen molar-refractivity contribution in [2.75, 3.05) is 37.7 Å². The number of aromatic nitrogens is 1. The summed E-state index contributed by atoms with van der Waals surface area (Å²) in [6.45, 7) is 10.4. The molecule has 0 spiro atoms.